The molecule has 6 heteroatoms. The third-order valence-electron chi connectivity index (χ3n) is 3.95. The van der Waals surface area contributed by atoms with E-state index >= 15 is 0 Å². The summed E-state index contributed by atoms with van der Waals surface area (Å²) in [6, 6.07) is 7.13. The molecule has 1 heterocycles. The van der Waals surface area contributed by atoms with Gasteiger partial charge in [-0.05, 0) is 44.4 Å². The summed E-state index contributed by atoms with van der Waals surface area (Å²) in [4.78, 5) is 9.12. The summed E-state index contributed by atoms with van der Waals surface area (Å²) in [5, 5.41) is 17.0. The molecule has 0 saturated heterocycles. The van der Waals surface area contributed by atoms with E-state index < -0.39 is 0 Å². The van der Waals surface area contributed by atoms with Gasteiger partial charge in [0.25, 0.3) is 0 Å². The molecule has 3 rings (SSSR count). The zero-order valence-electron chi connectivity index (χ0n) is 13.3. The van der Waals surface area contributed by atoms with Crippen LogP contribution in [0.5, 0.6) is 5.75 Å². The molecule has 0 unspecified atom stereocenters. The van der Waals surface area contributed by atoms with Crippen molar-refractivity contribution in [3.63, 3.8) is 0 Å². The number of nitrogens with zero attached hydrogens (tertiary/aromatic N) is 2. The van der Waals surface area contributed by atoms with Crippen LogP contribution in [0.2, 0.25) is 5.02 Å². The second kappa shape index (κ2) is 6.62. The van der Waals surface area contributed by atoms with Crippen LogP contribution in [0.4, 0.5) is 17.5 Å². The van der Waals surface area contributed by atoms with E-state index in [0.29, 0.717) is 34.4 Å². The fourth-order valence-electron chi connectivity index (χ4n) is 2.25. The van der Waals surface area contributed by atoms with Crippen LogP contribution in [0.1, 0.15) is 44.7 Å². The Kier molecular flexibility index (Phi) is 4.57. The van der Waals surface area contributed by atoms with Crippen molar-refractivity contribution in [2.24, 2.45) is 0 Å². The molecular weight excluding hydrogens is 312 g/mol. The Hall–Kier alpha value is -2.01. The van der Waals surface area contributed by atoms with E-state index in [1.54, 1.807) is 18.2 Å². The van der Waals surface area contributed by atoms with Gasteiger partial charge in [-0.25, -0.2) is 4.98 Å². The lowest BCUT2D eigenvalue weighted by Crippen LogP contribution is -2.16. The molecule has 0 spiro atoms. The van der Waals surface area contributed by atoms with Crippen molar-refractivity contribution in [2.75, 3.05) is 10.6 Å². The van der Waals surface area contributed by atoms with Gasteiger partial charge in [0.1, 0.15) is 11.6 Å². The number of phenolic OH excluding ortho intramolecular Hbond substituents is 1. The summed E-state index contributed by atoms with van der Waals surface area (Å²) in [6.07, 6.45) is 3.33. The molecule has 23 heavy (non-hydrogen) atoms. The van der Waals surface area contributed by atoms with Crippen molar-refractivity contribution < 1.29 is 5.11 Å². The van der Waals surface area contributed by atoms with Gasteiger partial charge in [0.05, 0.1) is 11.4 Å². The predicted molar refractivity (Wildman–Crippen MR) is 93.8 cm³/mol. The molecule has 1 fully saturated rings. The average Bonchev–Trinajstić information content (AvgIpc) is 3.35. The van der Waals surface area contributed by atoms with Crippen LogP contribution in [-0.2, 0) is 0 Å². The van der Waals surface area contributed by atoms with Crippen molar-refractivity contribution in [3.8, 4) is 5.75 Å². The van der Waals surface area contributed by atoms with E-state index in [-0.39, 0.29) is 5.75 Å². The van der Waals surface area contributed by atoms with E-state index in [0.717, 1.165) is 12.1 Å². The van der Waals surface area contributed by atoms with E-state index in [1.165, 1.54) is 12.8 Å². The largest absolute Gasteiger partial charge is 0.506 e. The summed E-state index contributed by atoms with van der Waals surface area (Å²) in [6.45, 7) is 4.22. The molecular formula is C17H21ClN4O. The molecule has 1 aliphatic rings. The quantitative estimate of drug-likeness (QED) is 0.671. The number of anilines is 3. The second-order valence-electron chi connectivity index (χ2n) is 6.02. The van der Waals surface area contributed by atoms with Crippen LogP contribution in [0, 0.1) is 0 Å². The fourth-order valence-corrected chi connectivity index (χ4v) is 2.42. The molecule has 0 amide bonds. The smallest absolute Gasteiger partial charge is 0.225 e. The fraction of sp³-hybridized carbons (Fsp3) is 0.412. The lowest BCUT2D eigenvalue weighted by molar-refractivity contribution is 0.477. The number of benzene rings is 1. The number of phenols is 1. The number of halogens is 1. The first-order valence-corrected chi connectivity index (χ1v) is 8.34. The maximum atomic E-state index is 9.96. The molecule has 0 bridgehead atoms. The molecule has 0 radical (unpaired) electrons. The number of rotatable bonds is 6. The van der Waals surface area contributed by atoms with Gasteiger partial charge < -0.3 is 15.7 Å². The summed E-state index contributed by atoms with van der Waals surface area (Å²) < 4.78 is 0. The van der Waals surface area contributed by atoms with E-state index in [9.17, 15) is 5.11 Å². The maximum Gasteiger partial charge on any atom is 0.225 e. The number of aromatic hydroxyl groups is 1. The van der Waals surface area contributed by atoms with Gasteiger partial charge in [-0.2, -0.15) is 4.98 Å². The molecule has 2 aromatic rings. The normalized spacial score (nSPS) is 15.3. The van der Waals surface area contributed by atoms with Crippen LogP contribution >= 0.6 is 11.6 Å². The molecule has 3 N–H and O–H groups in total. The summed E-state index contributed by atoms with van der Waals surface area (Å²) in [5.41, 5.74) is 1.57. The summed E-state index contributed by atoms with van der Waals surface area (Å²) >= 11 is 6.00. The van der Waals surface area contributed by atoms with Gasteiger partial charge in [0.15, 0.2) is 0 Å². The van der Waals surface area contributed by atoms with Crippen LogP contribution < -0.4 is 10.6 Å². The van der Waals surface area contributed by atoms with Crippen LogP contribution in [0.15, 0.2) is 24.3 Å². The molecule has 1 atom stereocenters. The molecule has 1 aromatic heterocycles. The minimum atomic E-state index is 0.136. The zero-order chi connectivity index (χ0) is 16.4. The third-order valence-corrected chi connectivity index (χ3v) is 4.19. The summed E-state index contributed by atoms with van der Waals surface area (Å²) in [7, 11) is 0. The number of aromatic nitrogens is 2. The molecule has 1 saturated carbocycles. The minimum Gasteiger partial charge on any atom is -0.506 e. The Balaban J connectivity index is 1.89. The van der Waals surface area contributed by atoms with Crippen LogP contribution in [0.3, 0.4) is 0 Å². The van der Waals surface area contributed by atoms with E-state index in [4.69, 9.17) is 11.6 Å². The van der Waals surface area contributed by atoms with Gasteiger partial charge in [0.2, 0.25) is 5.95 Å². The number of hydrogen-bond acceptors (Lipinski definition) is 5. The Morgan fingerprint density at radius 2 is 2.09 bits per heavy atom. The van der Waals surface area contributed by atoms with Crippen molar-refractivity contribution in [1.29, 1.82) is 0 Å². The summed E-state index contributed by atoms with van der Waals surface area (Å²) in [5.74, 6) is 1.93. The van der Waals surface area contributed by atoms with Crippen molar-refractivity contribution in [3.05, 3.63) is 35.0 Å². The van der Waals surface area contributed by atoms with Crippen LogP contribution in [0.25, 0.3) is 0 Å². The van der Waals surface area contributed by atoms with E-state index in [2.05, 4.69) is 34.4 Å². The second-order valence-corrected chi connectivity index (χ2v) is 6.45. The standard InChI is InChI=1S/C17H21ClN4O/c1-3-10(2)19-17-21-13(11-4-5-11)9-16(22-17)20-14-8-12(18)6-7-15(14)23/h6-11,23H,3-5H2,1-2H3,(H2,19,20,21,22)/t10-/m1/s1. The molecule has 5 nitrogen and oxygen atoms in total. The Morgan fingerprint density at radius 3 is 2.78 bits per heavy atom. The molecule has 1 aromatic carbocycles. The maximum absolute atomic E-state index is 9.96. The van der Waals surface area contributed by atoms with Crippen molar-refractivity contribution >= 4 is 29.1 Å². The van der Waals surface area contributed by atoms with Gasteiger partial charge in [-0.1, -0.05) is 18.5 Å². The molecule has 1 aliphatic carbocycles. The number of hydrogen-bond donors (Lipinski definition) is 3. The van der Waals surface area contributed by atoms with Crippen LogP contribution in [-0.4, -0.2) is 21.1 Å². The zero-order valence-corrected chi connectivity index (χ0v) is 14.1. The van der Waals surface area contributed by atoms with Gasteiger partial charge in [-0.15, -0.1) is 0 Å². The highest BCUT2D eigenvalue weighted by Gasteiger charge is 2.26. The monoisotopic (exact) mass is 332 g/mol. The Labute approximate surface area is 141 Å². The topological polar surface area (TPSA) is 70.1 Å². The lowest BCUT2D eigenvalue weighted by atomic mass is 10.2. The van der Waals surface area contributed by atoms with Gasteiger partial charge >= 0.3 is 0 Å². The highest BCUT2D eigenvalue weighted by Crippen LogP contribution is 2.40. The molecule has 0 aliphatic heterocycles. The highest BCUT2D eigenvalue weighted by atomic mass is 35.5. The SMILES string of the molecule is CC[C@@H](C)Nc1nc(Nc2cc(Cl)ccc2O)cc(C2CC2)n1. The highest BCUT2D eigenvalue weighted by molar-refractivity contribution is 6.30. The third kappa shape index (κ3) is 4.05. The first kappa shape index (κ1) is 15.9. The van der Waals surface area contributed by atoms with E-state index in [1.807, 2.05) is 6.07 Å². The molecule has 122 valence electrons. The van der Waals surface area contributed by atoms with Crippen molar-refractivity contribution in [1.82, 2.24) is 9.97 Å². The first-order chi connectivity index (χ1) is 11.0. The minimum absolute atomic E-state index is 0.136. The van der Waals surface area contributed by atoms with Gasteiger partial charge in [-0.3, -0.25) is 0 Å². The first-order valence-electron chi connectivity index (χ1n) is 7.96. The average molecular weight is 333 g/mol. The lowest BCUT2D eigenvalue weighted by Gasteiger charge is -2.15. The Morgan fingerprint density at radius 1 is 1.30 bits per heavy atom. The Bertz CT molecular complexity index is 703. The van der Waals surface area contributed by atoms with Gasteiger partial charge in [0, 0.05) is 23.0 Å². The number of nitrogens with one attached hydrogen (secondary N) is 2. The predicted octanol–water partition coefficient (Wildman–Crippen LogP) is 4.67. The van der Waals surface area contributed by atoms with Crippen molar-refractivity contribution in [2.45, 2.75) is 45.1 Å².